The number of likely N-dealkylation sites (N-methyl/N-ethyl adjacent to an activating group) is 2. The van der Waals surface area contributed by atoms with Crippen molar-refractivity contribution in [2.45, 2.75) is 25.8 Å². The molecule has 0 aliphatic carbocycles. The fraction of sp³-hybridized carbons (Fsp3) is 0.500. The molecule has 1 saturated heterocycles. The maximum atomic E-state index is 11.7. The molecule has 0 N–H and O–H groups in total. The summed E-state index contributed by atoms with van der Waals surface area (Å²) in [5.74, 6) is 0.551. The summed E-state index contributed by atoms with van der Waals surface area (Å²) >= 11 is 0. The molecule has 2 rings (SSSR count). The number of rotatable bonds is 2. The number of hydrogen-bond acceptors (Lipinski definition) is 1. The van der Waals surface area contributed by atoms with Crippen LogP contribution in [0.2, 0.25) is 0 Å². The molecule has 3 nitrogen and oxygen atoms in total. The van der Waals surface area contributed by atoms with Gasteiger partial charge in [0.2, 0.25) is 0 Å². The Balaban J connectivity index is 2.21. The number of carbonyl (C=O) groups is 1. The Bertz CT molecular complexity index is 411. The average molecular weight is 232 g/mol. The molecule has 1 aliphatic rings. The van der Waals surface area contributed by atoms with Gasteiger partial charge in [0.25, 0.3) is 0 Å². The van der Waals surface area contributed by atoms with E-state index in [1.54, 1.807) is 4.90 Å². The zero-order chi connectivity index (χ0) is 12.6. The second-order valence-electron chi connectivity index (χ2n) is 5.11. The van der Waals surface area contributed by atoms with Crippen molar-refractivity contribution in [3.8, 4) is 0 Å². The van der Waals surface area contributed by atoms with E-state index < -0.39 is 0 Å². The molecule has 17 heavy (non-hydrogen) atoms. The second kappa shape index (κ2) is 4.40. The van der Waals surface area contributed by atoms with Crippen LogP contribution in [-0.4, -0.2) is 36.5 Å². The predicted octanol–water partition coefficient (Wildman–Crippen LogP) is 2.85. The van der Waals surface area contributed by atoms with Crippen LogP contribution in [0.1, 0.15) is 36.9 Å². The summed E-state index contributed by atoms with van der Waals surface area (Å²) in [5, 5.41) is 0. The van der Waals surface area contributed by atoms with Crippen LogP contribution < -0.4 is 0 Å². The zero-order valence-corrected chi connectivity index (χ0v) is 11.0. The number of amides is 2. The Morgan fingerprint density at radius 2 is 1.76 bits per heavy atom. The van der Waals surface area contributed by atoms with Crippen LogP contribution >= 0.6 is 0 Å². The quantitative estimate of drug-likeness (QED) is 0.769. The van der Waals surface area contributed by atoms with Crippen molar-refractivity contribution >= 4 is 6.03 Å². The molecule has 1 atom stereocenters. The molecule has 0 radical (unpaired) electrons. The van der Waals surface area contributed by atoms with Gasteiger partial charge in [-0.2, -0.15) is 0 Å². The minimum Gasteiger partial charge on any atom is -0.325 e. The normalized spacial score (nSPS) is 20.5. The molecule has 1 aliphatic heterocycles. The van der Waals surface area contributed by atoms with E-state index in [0.717, 1.165) is 6.54 Å². The molecule has 0 spiro atoms. The fourth-order valence-corrected chi connectivity index (χ4v) is 2.29. The minimum absolute atomic E-state index is 0.0999. The van der Waals surface area contributed by atoms with Crippen LogP contribution in [-0.2, 0) is 0 Å². The largest absolute Gasteiger partial charge is 0.325 e. The standard InChI is InChI=1S/C14H20N2O/c1-10(2)11-5-7-12(8-6-11)13-9-15(3)14(17)16(13)4/h5-8,10,13H,9H2,1-4H3. The van der Waals surface area contributed by atoms with E-state index in [1.807, 2.05) is 19.0 Å². The molecule has 1 aromatic rings. The van der Waals surface area contributed by atoms with Gasteiger partial charge in [-0.3, -0.25) is 0 Å². The molecule has 92 valence electrons. The first-order valence-electron chi connectivity index (χ1n) is 6.08. The van der Waals surface area contributed by atoms with E-state index in [2.05, 4.69) is 38.1 Å². The molecule has 3 heteroatoms. The van der Waals surface area contributed by atoms with Crippen molar-refractivity contribution in [1.82, 2.24) is 9.80 Å². The first kappa shape index (κ1) is 12.0. The van der Waals surface area contributed by atoms with Crippen LogP contribution in [0, 0.1) is 0 Å². The summed E-state index contributed by atoms with van der Waals surface area (Å²) < 4.78 is 0. The number of benzene rings is 1. The van der Waals surface area contributed by atoms with Gasteiger partial charge in [-0.25, -0.2) is 4.79 Å². The maximum Gasteiger partial charge on any atom is 0.320 e. The van der Waals surface area contributed by atoms with Gasteiger partial charge < -0.3 is 9.80 Å². The Labute approximate surface area is 103 Å². The molecule has 0 bridgehead atoms. The molecule has 1 aromatic carbocycles. The van der Waals surface area contributed by atoms with Crippen LogP contribution in [0.3, 0.4) is 0 Å². The van der Waals surface area contributed by atoms with Gasteiger partial charge in [-0.05, 0) is 17.0 Å². The molecular formula is C14H20N2O. The summed E-state index contributed by atoms with van der Waals surface area (Å²) in [7, 11) is 3.72. The van der Waals surface area contributed by atoms with E-state index in [4.69, 9.17) is 0 Å². The van der Waals surface area contributed by atoms with E-state index >= 15 is 0 Å². The van der Waals surface area contributed by atoms with Gasteiger partial charge in [0.15, 0.2) is 0 Å². The highest BCUT2D eigenvalue weighted by Crippen LogP contribution is 2.28. The van der Waals surface area contributed by atoms with Gasteiger partial charge in [-0.15, -0.1) is 0 Å². The summed E-state index contributed by atoms with van der Waals surface area (Å²) in [5.41, 5.74) is 2.56. The van der Waals surface area contributed by atoms with Crippen molar-refractivity contribution < 1.29 is 4.79 Å². The van der Waals surface area contributed by atoms with Crippen molar-refractivity contribution in [3.05, 3.63) is 35.4 Å². The van der Waals surface area contributed by atoms with Crippen molar-refractivity contribution in [2.24, 2.45) is 0 Å². The molecule has 2 amide bonds. The van der Waals surface area contributed by atoms with E-state index in [-0.39, 0.29) is 12.1 Å². The summed E-state index contributed by atoms with van der Waals surface area (Å²) in [6, 6.07) is 8.90. The number of hydrogen-bond donors (Lipinski definition) is 0. The topological polar surface area (TPSA) is 23.6 Å². The third kappa shape index (κ3) is 2.14. The lowest BCUT2D eigenvalue weighted by Crippen LogP contribution is -2.26. The Hall–Kier alpha value is -1.51. The molecular weight excluding hydrogens is 212 g/mol. The lowest BCUT2D eigenvalue weighted by atomic mass is 9.99. The van der Waals surface area contributed by atoms with E-state index in [9.17, 15) is 4.79 Å². The highest BCUT2D eigenvalue weighted by molar-refractivity contribution is 5.76. The monoisotopic (exact) mass is 232 g/mol. The van der Waals surface area contributed by atoms with Crippen molar-refractivity contribution in [2.75, 3.05) is 20.6 Å². The molecule has 0 aromatic heterocycles. The van der Waals surface area contributed by atoms with E-state index in [0.29, 0.717) is 5.92 Å². The first-order valence-corrected chi connectivity index (χ1v) is 6.08. The van der Waals surface area contributed by atoms with Gasteiger partial charge in [0, 0.05) is 20.6 Å². The van der Waals surface area contributed by atoms with Gasteiger partial charge >= 0.3 is 6.03 Å². The SMILES string of the molecule is CC(C)c1ccc(C2CN(C)C(=O)N2C)cc1. The van der Waals surface area contributed by atoms with Crippen LogP contribution in [0.5, 0.6) is 0 Å². The predicted molar refractivity (Wildman–Crippen MR) is 69.1 cm³/mol. The molecule has 1 heterocycles. The summed E-state index contributed by atoms with van der Waals surface area (Å²) in [6.45, 7) is 5.15. The second-order valence-corrected chi connectivity index (χ2v) is 5.11. The van der Waals surface area contributed by atoms with Crippen LogP contribution in [0.4, 0.5) is 4.79 Å². The number of nitrogens with zero attached hydrogens (tertiary/aromatic N) is 2. The van der Waals surface area contributed by atoms with Crippen LogP contribution in [0.15, 0.2) is 24.3 Å². The summed E-state index contributed by atoms with van der Waals surface area (Å²) in [4.78, 5) is 15.3. The van der Waals surface area contributed by atoms with E-state index in [1.165, 1.54) is 11.1 Å². The number of carbonyl (C=O) groups excluding carboxylic acids is 1. The fourth-order valence-electron chi connectivity index (χ4n) is 2.29. The van der Waals surface area contributed by atoms with Gasteiger partial charge in [-0.1, -0.05) is 38.1 Å². The van der Waals surface area contributed by atoms with Crippen molar-refractivity contribution in [3.63, 3.8) is 0 Å². The molecule has 1 fully saturated rings. The van der Waals surface area contributed by atoms with Gasteiger partial charge in [0.1, 0.15) is 0 Å². The molecule has 0 saturated carbocycles. The first-order chi connectivity index (χ1) is 8.00. The Morgan fingerprint density at radius 3 is 2.18 bits per heavy atom. The summed E-state index contributed by atoms with van der Waals surface area (Å²) in [6.07, 6.45) is 0. The minimum atomic E-state index is 0.0999. The maximum absolute atomic E-state index is 11.7. The zero-order valence-electron chi connectivity index (χ0n) is 11.0. The lowest BCUT2D eigenvalue weighted by molar-refractivity contribution is 0.201. The molecule has 1 unspecified atom stereocenters. The lowest BCUT2D eigenvalue weighted by Gasteiger charge is -2.18. The third-order valence-electron chi connectivity index (χ3n) is 3.53. The average Bonchev–Trinajstić information content (AvgIpc) is 2.57. The smallest absolute Gasteiger partial charge is 0.320 e. The highest BCUT2D eigenvalue weighted by Gasteiger charge is 2.32. The highest BCUT2D eigenvalue weighted by atomic mass is 16.2. The van der Waals surface area contributed by atoms with Crippen LogP contribution in [0.25, 0.3) is 0 Å². The number of urea groups is 1. The van der Waals surface area contributed by atoms with Crippen molar-refractivity contribution in [1.29, 1.82) is 0 Å². The van der Waals surface area contributed by atoms with Gasteiger partial charge in [0.05, 0.1) is 6.04 Å². The Kier molecular flexibility index (Phi) is 3.09. The Morgan fingerprint density at radius 1 is 1.18 bits per heavy atom. The third-order valence-corrected chi connectivity index (χ3v) is 3.53.